The van der Waals surface area contributed by atoms with Crippen molar-refractivity contribution >= 4 is 17.9 Å². The molecule has 1 aliphatic heterocycles. The van der Waals surface area contributed by atoms with Gasteiger partial charge in [0, 0.05) is 11.8 Å². The van der Waals surface area contributed by atoms with Crippen molar-refractivity contribution in [2.45, 2.75) is 0 Å². The van der Waals surface area contributed by atoms with E-state index in [4.69, 9.17) is 4.74 Å². The SMILES string of the molecule is O=C1OC(c2ccc(F)cc2)=N/C1=C/c1ccccn1. The predicted molar refractivity (Wildman–Crippen MR) is 71.2 cm³/mol. The van der Waals surface area contributed by atoms with Gasteiger partial charge in [0.05, 0.1) is 5.69 Å². The van der Waals surface area contributed by atoms with Crippen LogP contribution in [-0.2, 0) is 9.53 Å². The summed E-state index contributed by atoms with van der Waals surface area (Å²) < 4.78 is 17.9. The lowest BCUT2D eigenvalue weighted by atomic mass is 10.2. The van der Waals surface area contributed by atoms with Crippen LogP contribution < -0.4 is 0 Å². The van der Waals surface area contributed by atoms with Gasteiger partial charge >= 0.3 is 5.97 Å². The first-order valence-electron chi connectivity index (χ1n) is 5.92. The summed E-state index contributed by atoms with van der Waals surface area (Å²) in [7, 11) is 0. The zero-order valence-electron chi connectivity index (χ0n) is 10.3. The second kappa shape index (κ2) is 5.05. The average molecular weight is 268 g/mol. The summed E-state index contributed by atoms with van der Waals surface area (Å²) >= 11 is 0. The van der Waals surface area contributed by atoms with Crippen molar-refractivity contribution in [1.82, 2.24) is 4.98 Å². The number of pyridine rings is 1. The van der Waals surface area contributed by atoms with E-state index >= 15 is 0 Å². The Morgan fingerprint density at radius 2 is 1.90 bits per heavy atom. The monoisotopic (exact) mass is 268 g/mol. The van der Waals surface area contributed by atoms with Gasteiger partial charge in [0.15, 0.2) is 5.70 Å². The lowest BCUT2D eigenvalue weighted by molar-refractivity contribution is -0.129. The number of carbonyl (C=O) groups is 1. The molecular weight excluding hydrogens is 259 g/mol. The molecule has 3 rings (SSSR count). The predicted octanol–water partition coefficient (Wildman–Crippen LogP) is 2.57. The minimum Gasteiger partial charge on any atom is -0.402 e. The Morgan fingerprint density at radius 3 is 2.60 bits per heavy atom. The number of hydrogen-bond donors (Lipinski definition) is 0. The van der Waals surface area contributed by atoms with Gasteiger partial charge in [-0.2, -0.15) is 0 Å². The number of aromatic nitrogens is 1. The van der Waals surface area contributed by atoms with Gasteiger partial charge in [-0.05, 0) is 42.5 Å². The fourth-order valence-electron chi connectivity index (χ4n) is 1.73. The maximum atomic E-state index is 12.8. The summed E-state index contributed by atoms with van der Waals surface area (Å²) in [6.45, 7) is 0. The van der Waals surface area contributed by atoms with Crippen LogP contribution in [-0.4, -0.2) is 16.9 Å². The second-order valence-electron chi connectivity index (χ2n) is 4.10. The standard InChI is InChI=1S/C15H9FN2O2/c16-11-6-4-10(5-7-11)14-18-13(15(19)20-14)9-12-3-1-2-8-17-12/h1-9H/b13-9+. The number of cyclic esters (lactones) is 1. The van der Waals surface area contributed by atoms with E-state index in [1.165, 1.54) is 24.3 Å². The first kappa shape index (κ1) is 12.2. The topological polar surface area (TPSA) is 51.5 Å². The molecule has 0 radical (unpaired) electrons. The Kier molecular flexibility index (Phi) is 3.09. The zero-order chi connectivity index (χ0) is 13.9. The number of esters is 1. The molecule has 0 saturated carbocycles. The molecule has 2 heterocycles. The smallest absolute Gasteiger partial charge is 0.363 e. The van der Waals surface area contributed by atoms with Crippen LogP contribution in [0, 0.1) is 5.82 Å². The molecule has 2 aromatic rings. The molecule has 1 aliphatic rings. The lowest BCUT2D eigenvalue weighted by Gasteiger charge is -1.98. The van der Waals surface area contributed by atoms with Gasteiger partial charge in [-0.3, -0.25) is 4.98 Å². The Balaban J connectivity index is 1.93. The van der Waals surface area contributed by atoms with Crippen molar-refractivity contribution in [3.63, 3.8) is 0 Å². The number of ether oxygens (including phenoxy) is 1. The van der Waals surface area contributed by atoms with Gasteiger partial charge in [0.1, 0.15) is 5.82 Å². The minimum absolute atomic E-state index is 0.164. The van der Waals surface area contributed by atoms with E-state index in [1.54, 1.807) is 24.4 Å². The molecule has 0 aliphatic carbocycles. The van der Waals surface area contributed by atoms with Gasteiger partial charge in [0.25, 0.3) is 0 Å². The highest BCUT2D eigenvalue weighted by Gasteiger charge is 2.24. The quantitative estimate of drug-likeness (QED) is 0.621. The summed E-state index contributed by atoms with van der Waals surface area (Å²) in [6.07, 6.45) is 3.16. The molecule has 0 bridgehead atoms. The van der Waals surface area contributed by atoms with Crippen LogP contribution in [0.1, 0.15) is 11.3 Å². The molecule has 0 atom stereocenters. The molecule has 98 valence electrons. The van der Waals surface area contributed by atoms with Gasteiger partial charge in [-0.1, -0.05) is 6.07 Å². The molecule has 0 saturated heterocycles. The van der Waals surface area contributed by atoms with Crippen LogP contribution >= 0.6 is 0 Å². The van der Waals surface area contributed by atoms with Gasteiger partial charge < -0.3 is 4.74 Å². The molecule has 20 heavy (non-hydrogen) atoms. The highest BCUT2D eigenvalue weighted by molar-refractivity contribution is 6.12. The maximum absolute atomic E-state index is 12.8. The van der Waals surface area contributed by atoms with Crippen LogP contribution in [0.5, 0.6) is 0 Å². The number of halogens is 1. The zero-order valence-corrected chi connectivity index (χ0v) is 10.3. The lowest BCUT2D eigenvalue weighted by Crippen LogP contribution is -2.05. The van der Waals surface area contributed by atoms with Gasteiger partial charge in [0.2, 0.25) is 5.90 Å². The molecule has 0 spiro atoms. The average Bonchev–Trinajstić information content (AvgIpc) is 2.82. The number of hydrogen-bond acceptors (Lipinski definition) is 4. The number of carbonyl (C=O) groups excluding carboxylic acids is 1. The van der Waals surface area contributed by atoms with Crippen molar-refractivity contribution in [2.24, 2.45) is 4.99 Å². The largest absolute Gasteiger partial charge is 0.402 e. The number of rotatable bonds is 2. The molecule has 4 nitrogen and oxygen atoms in total. The van der Waals surface area contributed by atoms with Crippen molar-refractivity contribution in [1.29, 1.82) is 0 Å². The third-order valence-corrected chi connectivity index (χ3v) is 2.68. The van der Waals surface area contributed by atoms with E-state index < -0.39 is 5.97 Å². The first-order chi connectivity index (χ1) is 9.72. The Bertz CT molecular complexity index is 706. The summed E-state index contributed by atoms with van der Waals surface area (Å²) in [4.78, 5) is 19.9. The molecule has 0 fully saturated rings. The van der Waals surface area contributed by atoms with Crippen molar-refractivity contribution in [2.75, 3.05) is 0 Å². The van der Waals surface area contributed by atoms with Gasteiger partial charge in [-0.15, -0.1) is 0 Å². The van der Waals surface area contributed by atoms with Crippen molar-refractivity contribution in [3.8, 4) is 0 Å². The minimum atomic E-state index is -0.546. The van der Waals surface area contributed by atoms with Crippen molar-refractivity contribution < 1.29 is 13.9 Å². The van der Waals surface area contributed by atoms with E-state index in [9.17, 15) is 9.18 Å². The Hall–Kier alpha value is -2.82. The summed E-state index contributed by atoms with van der Waals surface area (Å²) in [5.74, 6) is -0.741. The Labute approximate surface area is 114 Å². The molecule has 0 amide bonds. The summed E-state index contributed by atoms with van der Waals surface area (Å²) in [5, 5.41) is 0. The molecule has 0 N–H and O–H groups in total. The highest BCUT2D eigenvalue weighted by Crippen LogP contribution is 2.18. The number of benzene rings is 1. The maximum Gasteiger partial charge on any atom is 0.363 e. The third-order valence-electron chi connectivity index (χ3n) is 2.68. The van der Waals surface area contributed by atoms with E-state index in [2.05, 4.69) is 9.98 Å². The van der Waals surface area contributed by atoms with Crippen LogP contribution in [0.3, 0.4) is 0 Å². The van der Waals surface area contributed by atoms with Crippen molar-refractivity contribution in [3.05, 3.63) is 71.4 Å². The van der Waals surface area contributed by atoms with Crippen LogP contribution in [0.25, 0.3) is 6.08 Å². The number of aliphatic imine (C=N–C) groups is 1. The van der Waals surface area contributed by atoms with Crippen LogP contribution in [0.15, 0.2) is 59.4 Å². The van der Waals surface area contributed by atoms with Crippen LogP contribution in [0.4, 0.5) is 4.39 Å². The fraction of sp³-hybridized carbons (Fsp3) is 0. The van der Waals surface area contributed by atoms with E-state index in [1.807, 2.05) is 6.07 Å². The normalized spacial score (nSPS) is 16.1. The highest BCUT2D eigenvalue weighted by atomic mass is 19.1. The molecule has 1 aromatic carbocycles. The van der Waals surface area contributed by atoms with Crippen LogP contribution in [0.2, 0.25) is 0 Å². The number of nitrogens with zero attached hydrogens (tertiary/aromatic N) is 2. The van der Waals surface area contributed by atoms with E-state index in [-0.39, 0.29) is 17.4 Å². The second-order valence-corrected chi connectivity index (χ2v) is 4.10. The molecule has 1 aromatic heterocycles. The Morgan fingerprint density at radius 1 is 1.10 bits per heavy atom. The molecule has 5 heteroatoms. The summed E-state index contributed by atoms with van der Waals surface area (Å²) in [6, 6.07) is 10.9. The van der Waals surface area contributed by atoms with E-state index in [0.717, 1.165) is 0 Å². The van der Waals surface area contributed by atoms with Gasteiger partial charge in [-0.25, -0.2) is 14.2 Å². The molecule has 0 unspecified atom stereocenters. The van der Waals surface area contributed by atoms with E-state index in [0.29, 0.717) is 11.3 Å². The fourth-order valence-corrected chi connectivity index (χ4v) is 1.73. The first-order valence-corrected chi connectivity index (χ1v) is 5.92. The summed E-state index contributed by atoms with van der Waals surface area (Å²) in [5.41, 5.74) is 1.33. The third kappa shape index (κ3) is 2.47. The molecular formula is C15H9FN2O2.